The van der Waals surface area contributed by atoms with E-state index in [9.17, 15) is 18.8 Å². The first-order valence-electron chi connectivity index (χ1n) is 11.6. The number of hydrogen-bond acceptors (Lipinski definition) is 6. The molecule has 190 valence electrons. The first kappa shape index (κ1) is 25.4. The van der Waals surface area contributed by atoms with Gasteiger partial charge < -0.3 is 9.64 Å². The normalized spacial score (nSPS) is 11.2. The highest BCUT2D eigenvalue weighted by atomic mass is 32.1. The summed E-state index contributed by atoms with van der Waals surface area (Å²) in [5.41, 5.74) is 0.160. The topological polar surface area (TPSA) is 91.4 Å². The number of halogens is 1. The van der Waals surface area contributed by atoms with Gasteiger partial charge in [-0.1, -0.05) is 18.3 Å². The Morgan fingerprint density at radius 3 is 2.69 bits per heavy atom. The summed E-state index contributed by atoms with van der Waals surface area (Å²) in [6, 6.07) is 5.99. The largest absolute Gasteiger partial charge is 0.496 e. The number of carbonyl (C=O) groups is 1. The van der Waals surface area contributed by atoms with Gasteiger partial charge in [-0.05, 0) is 49.6 Å². The summed E-state index contributed by atoms with van der Waals surface area (Å²) in [4.78, 5) is 41.9. The Bertz CT molecular complexity index is 1520. The molecular weight excluding hydrogens is 485 g/mol. The average Bonchev–Trinajstić information content (AvgIpc) is 3.50. The van der Waals surface area contributed by atoms with E-state index in [1.165, 1.54) is 46.1 Å². The number of ether oxygens (including phenoxy) is 1. The second kappa shape index (κ2) is 10.5. The van der Waals surface area contributed by atoms with E-state index in [2.05, 4.69) is 5.10 Å². The third kappa shape index (κ3) is 4.70. The third-order valence-electron chi connectivity index (χ3n) is 6.11. The molecule has 4 rings (SSSR count). The minimum atomic E-state index is -0.589. The third-order valence-corrected chi connectivity index (χ3v) is 7.41. The van der Waals surface area contributed by atoms with E-state index in [0.29, 0.717) is 38.6 Å². The van der Waals surface area contributed by atoms with Crippen LogP contribution in [0.3, 0.4) is 0 Å². The maximum absolute atomic E-state index is 13.9. The molecule has 0 spiro atoms. The molecule has 0 fully saturated rings. The van der Waals surface area contributed by atoms with Gasteiger partial charge in [-0.25, -0.2) is 13.9 Å². The molecule has 0 saturated heterocycles. The number of methoxy groups -OCH3 is 1. The number of likely N-dealkylation sites (N-methyl/N-ethyl adjacent to an activating group) is 1. The lowest BCUT2D eigenvalue weighted by atomic mass is 10.1. The zero-order chi connectivity index (χ0) is 26.0. The first-order valence-corrected chi connectivity index (χ1v) is 12.4. The van der Waals surface area contributed by atoms with E-state index in [1.807, 2.05) is 6.92 Å². The van der Waals surface area contributed by atoms with E-state index in [4.69, 9.17) is 4.74 Å². The fraction of sp³-hybridized carbons (Fsp3) is 0.360. The predicted octanol–water partition coefficient (Wildman–Crippen LogP) is 2.98. The predicted molar refractivity (Wildman–Crippen MR) is 137 cm³/mol. The van der Waals surface area contributed by atoms with Gasteiger partial charge in [0.05, 0.1) is 12.5 Å². The van der Waals surface area contributed by atoms with Crippen LogP contribution in [0.1, 0.15) is 24.5 Å². The number of amides is 1. The number of carbonyl (C=O) groups excluding carboxylic acids is 1. The Balaban J connectivity index is 1.87. The number of rotatable bonds is 9. The van der Waals surface area contributed by atoms with Gasteiger partial charge >= 0.3 is 5.69 Å². The van der Waals surface area contributed by atoms with E-state index >= 15 is 0 Å². The molecule has 0 unspecified atom stereocenters. The lowest BCUT2D eigenvalue weighted by Crippen LogP contribution is -2.44. The molecule has 0 aliphatic heterocycles. The van der Waals surface area contributed by atoms with Crippen LogP contribution >= 0.6 is 11.3 Å². The van der Waals surface area contributed by atoms with Crippen molar-refractivity contribution in [1.82, 2.24) is 23.8 Å². The summed E-state index contributed by atoms with van der Waals surface area (Å²) in [6.45, 7) is 4.06. The van der Waals surface area contributed by atoms with Gasteiger partial charge in [0.2, 0.25) is 5.91 Å². The zero-order valence-corrected chi connectivity index (χ0v) is 21.5. The summed E-state index contributed by atoms with van der Waals surface area (Å²) >= 11 is 1.28. The number of aryl methyl sites for hydroxylation is 3. The van der Waals surface area contributed by atoms with Crippen molar-refractivity contribution in [3.8, 4) is 10.8 Å². The number of hydrogen-bond donors (Lipinski definition) is 0. The van der Waals surface area contributed by atoms with Crippen molar-refractivity contribution in [2.24, 2.45) is 0 Å². The Kier molecular flexibility index (Phi) is 7.39. The number of nitrogens with zero attached hydrogens (tertiary/aromatic N) is 5. The van der Waals surface area contributed by atoms with Gasteiger partial charge in [0.25, 0.3) is 5.56 Å². The molecule has 0 aliphatic carbocycles. The molecule has 36 heavy (non-hydrogen) atoms. The highest BCUT2D eigenvalue weighted by Crippen LogP contribution is 2.31. The maximum atomic E-state index is 13.9. The summed E-state index contributed by atoms with van der Waals surface area (Å²) in [6.07, 6.45) is 4.44. The maximum Gasteiger partial charge on any atom is 0.332 e. The van der Waals surface area contributed by atoms with Crippen LogP contribution in [0, 0.1) is 12.7 Å². The van der Waals surface area contributed by atoms with Gasteiger partial charge in [-0.3, -0.25) is 18.7 Å². The highest BCUT2D eigenvalue weighted by Gasteiger charge is 2.23. The number of aromatic nitrogens is 4. The van der Waals surface area contributed by atoms with Crippen LogP contribution in [0.15, 0.2) is 46.2 Å². The fourth-order valence-corrected chi connectivity index (χ4v) is 5.48. The lowest BCUT2D eigenvalue weighted by molar-refractivity contribution is -0.130. The zero-order valence-electron chi connectivity index (χ0n) is 20.7. The van der Waals surface area contributed by atoms with Crippen molar-refractivity contribution in [1.29, 1.82) is 0 Å². The lowest BCUT2D eigenvalue weighted by Gasteiger charge is -2.18. The molecule has 1 amide bonds. The van der Waals surface area contributed by atoms with E-state index < -0.39 is 17.1 Å². The summed E-state index contributed by atoms with van der Waals surface area (Å²) in [5, 5.41) is 5.34. The molecule has 0 atom stereocenters. The molecule has 0 aliphatic rings. The van der Waals surface area contributed by atoms with Gasteiger partial charge in [-0.15, -0.1) is 0 Å². The van der Waals surface area contributed by atoms with Gasteiger partial charge in [-0.2, -0.15) is 5.10 Å². The van der Waals surface area contributed by atoms with Crippen LogP contribution in [-0.2, 0) is 24.3 Å². The smallest absolute Gasteiger partial charge is 0.332 e. The van der Waals surface area contributed by atoms with Crippen LogP contribution in [-0.4, -0.2) is 50.4 Å². The number of thiophene rings is 1. The summed E-state index contributed by atoms with van der Waals surface area (Å²) in [5.74, 6) is -0.232. The molecule has 9 nitrogen and oxygen atoms in total. The van der Waals surface area contributed by atoms with Gasteiger partial charge in [0.15, 0.2) is 0 Å². The van der Waals surface area contributed by atoms with Gasteiger partial charge in [0.1, 0.15) is 27.9 Å². The van der Waals surface area contributed by atoms with E-state index in [1.54, 1.807) is 37.1 Å². The fourth-order valence-electron chi connectivity index (χ4n) is 4.22. The molecule has 0 radical (unpaired) electrons. The minimum absolute atomic E-state index is 0.160. The Morgan fingerprint density at radius 1 is 1.25 bits per heavy atom. The molecule has 0 N–H and O–H groups in total. The first-order chi connectivity index (χ1) is 17.3. The second-order valence-corrected chi connectivity index (χ2v) is 9.49. The Hall–Kier alpha value is -3.73. The summed E-state index contributed by atoms with van der Waals surface area (Å²) < 4.78 is 23.4. The van der Waals surface area contributed by atoms with Crippen molar-refractivity contribution in [3.63, 3.8) is 0 Å². The van der Waals surface area contributed by atoms with Crippen molar-refractivity contribution in [2.75, 3.05) is 20.7 Å². The van der Waals surface area contributed by atoms with Crippen LogP contribution in [0.25, 0.3) is 15.2 Å². The summed E-state index contributed by atoms with van der Waals surface area (Å²) in [7, 11) is 3.15. The van der Waals surface area contributed by atoms with Gasteiger partial charge in [0, 0.05) is 38.1 Å². The highest BCUT2D eigenvalue weighted by molar-refractivity contribution is 7.21. The molecule has 0 bridgehead atoms. The molecule has 4 aromatic rings. The van der Waals surface area contributed by atoms with Crippen molar-refractivity contribution < 1.29 is 13.9 Å². The molecule has 11 heteroatoms. The molecule has 3 aromatic heterocycles. The SMILES string of the molecule is CCCN(C)C(=O)Cn1c(=O)c2c(C)c(-n3cccn3)sc2n(CCc2cc(F)ccc2OC)c1=O. The number of benzene rings is 1. The average molecular weight is 514 g/mol. The molecule has 0 saturated carbocycles. The molecular formula is C25H28FN5O4S. The van der Waals surface area contributed by atoms with Crippen molar-refractivity contribution in [2.45, 2.75) is 39.8 Å². The Labute approximate surface area is 211 Å². The Morgan fingerprint density at radius 2 is 2.03 bits per heavy atom. The van der Waals surface area contributed by atoms with Crippen LogP contribution in [0.5, 0.6) is 5.75 Å². The molecule has 3 heterocycles. The molecule has 1 aromatic carbocycles. The monoisotopic (exact) mass is 513 g/mol. The number of fused-ring (bicyclic) bond motifs is 1. The van der Waals surface area contributed by atoms with Crippen molar-refractivity contribution >= 4 is 27.5 Å². The van der Waals surface area contributed by atoms with Crippen LogP contribution < -0.4 is 16.0 Å². The van der Waals surface area contributed by atoms with Crippen molar-refractivity contribution in [3.05, 3.63) is 74.4 Å². The van der Waals surface area contributed by atoms with Crippen LogP contribution in [0.2, 0.25) is 0 Å². The quantitative estimate of drug-likeness (QED) is 0.343. The van der Waals surface area contributed by atoms with E-state index in [-0.39, 0.29) is 25.4 Å². The second-order valence-electron chi connectivity index (χ2n) is 8.51. The minimum Gasteiger partial charge on any atom is -0.496 e. The van der Waals surface area contributed by atoms with E-state index in [0.717, 1.165) is 11.0 Å². The standard InChI is InChI=1S/C25H28FN5O4S/c1-5-11-28(3)20(32)15-30-22(33)21-16(2)23(31-12-6-10-27-31)36-24(21)29(25(30)34)13-9-17-14-18(26)7-8-19(17)35-4/h6-8,10,12,14H,5,9,11,13,15H2,1-4H3. The van der Waals surface area contributed by atoms with Crippen LogP contribution in [0.4, 0.5) is 4.39 Å².